The summed E-state index contributed by atoms with van der Waals surface area (Å²) >= 11 is 0. The van der Waals surface area contributed by atoms with Crippen LogP contribution in [-0.4, -0.2) is 57.2 Å². The first-order valence-corrected chi connectivity index (χ1v) is 9.57. The van der Waals surface area contributed by atoms with Crippen molar-refractivity contribution in [2.45, 2.75) is 19.4 Å². The van der Waals surface area contributed by atoms with E-state index in [0.717, 1.165) is 18.7 Å². The fourth-order valence-corrected chi connectivity index (χ4v) is 3.66. The summed E-state index contributed by atoms with van der Waals surface area (Å²) in [5.41, 5.74) is 3.56. The quantitative estimate of drug-likeness (QED) is 0.682. The van der Waals surface area contributed by atoms with Gasteiger partial charge in [0.2, 0.25) is 5.91 Å². The Morgan fingerprint density at radius 2 is 1.82 bits per heavy atom. The number of hydrogen-bond acceptors (Lipinski definition) is 5. The number of carbonyl (C=O) groups is 1. The van der Waals surface area contributed by atoms with Crippen LogP contribution in [0.25, 0.3) is 0 Å². The summed E-state index contributed by atoms with van der Waals surface area (Å²) in [7, 11) is 0. The molecule has 0 saturated carbocycles. The highest BCUT2D eigenvalue weighted by atomic mass is 16.2. The summed E-state index contributed by atoms with van der Waals surface area (Å²) in [5.74, 6) is 0.0695. The van der Waals surface area contributed by atoms with E-state index in [1.54, 1.807) is 4.68 Å². The molecular weight excluding hydrogens is 352 g/mol. The van der Waals surface area contributed by atoms with Gasteiger partial charge in [-0.15, -0.1) is 5.10 Å². The second-order valence-electron chi connectivity index (χ2n) is 7.15. The Balaban J connectivity index is 1.46. The van der Waals surface area contributed by atoms with Gasteiger partial charge in [0, 0.05) is 38.3 Å². The SMILES string of the molecule is Cc1cccc(N2CCN(C(=O)[C@H](Cc3ccccc3)n3cnnn3)CC2)c1. The lowest BCUT2D eigenvalue weighted by molar-refractivity contribution is -0.135. The predicted molar refractivity (Wildman–Crippen MR) is 107 cm³/mol. The van der Waals surface area contributed by atoms with Crippen molar-refractivity contribution in [2.75, 3.05) is 31.1 Å². The topological polar surface area (TPSA) is 67.2 Å². The molecule has 0 radical (unpaired) electrons. The Morgan fingerprint density at radius 1 is 1.04 bits per heavy atom. The number of benzene rings is 2. The van der Waals surface area contributed by atoms with Crippen LogP contribution in [0.15, 0.2) is 60.9 Å². The van der Waals surface area contributed by atoms with Crippen LogP contribution in [0.2, 0.25) is 0 Å². The molecule has 2 heterocycles. The molecule has 1 amide bonds. The molecule has 144 valence electrons. The van der Waals surface area contributed by atoms with E-state index in [0.29, 0.717) is 19.5 Å². The summed E-state index contributed by atoms with van der Waals surface area (Å²) in [5, 5.41) is 11.4. The Morgan fingerprint density at radius 3 is 2.50 bits per heavy atom. The van der Waals surface area contributed by atoms with Crippen molar-refractivity contribution in [3.05, 3.63) is 72.1 Å². The van der Waals surface area contributed by atoms with Crippen LogP contribution in [-0.2, 0) is 11.2 Å². The zero-order valence-electron chi connectivity index (χ0n) is 16.0. The normalized spacial score (nSPS) is 15.5. The van der Waals surface area contributed by atoms with E-state index >= 15 is 0 Å². The maximum absolute atomic E-state index is 13.3. The number of rotatable bonds is 5. The predicted octanol–water partition coefficient (Wildman–Crippen LogP) is 2.11. The van der Waals surface area contributed by atoms with Crippen LogP contribution in [0.4, 0.5) is 5.69 Å². The van der Waals surface area contributed by atoms with E-state index in [1.165, 1.54) is 17.6 Å². The molecule has 4 rings (SSSR count). The van der Waals surface area contributed by atoms with Gasteiger partial charge in [-0.05, 0) is 40.6 Å². The molecular formula is C21H24N6O. The zero-order chi connectivity index (χ0) is 19.3. The minimum Gasteiger partial charge on any atom is -0.368 e. The highest BCUT2D eigenvalue weighted by Gasteiger charge is 2.29. The van der Waals surface area contributed by atoms with Gasteiger partial charge in [-0.25, -0.2) is 4.68 Å². The summed E-state index contributed by atoms with van der Waals surface area (Å²) in [4.78, 5) is 17.6. The Hall–Kier alpha value is -3.22. The molecule has 28 heavy (non-hydrogen) atoms. The van der Waals surface area contributed by atoms with E-state index in [1.807, 2.05) is 35.2 Å². The molecule has 1 saturated heterocycles. The number of carbonyl (C=O) groups excluding carboxylic acids is 1. The third-order valence-electron chi connectivity index (χ3n) is 5.20. The van der Waals surface area contributed by atoms with E-state index in [9.17, 15) is 4.79 Å². The van der Waals surface area contributed by atoms with Crippen molar-refractivity contribution in [3.8, 4) is 0 Å². The largest absolute Gasteiger partial charge is 0.368 e. The van der Waals surface area contributed by atoms with Crippen molar-refractivity contribution < 1.29 is 4.79 Å². The van der Waals surface area contributed by atoms with Gasteiger partial charge in [0.05, 0.1) is 0 Å². The zero-order valence-corrected chi connectivity index (χ0v) is 16.0. The summed E-state index contributed by atoms with van der Waals surface area (Å²) in [6.07, 6.45) is 2.09. The standard InChI is InChI=1S/C21H24N6O/c1-17-6-5-9-19(14-17)25-10-12-26(13-11-25)21(28)20(27-16-22-23-24-27)15-18-7-3-2-4-8-18/h2-9,14,16,20H,10-13,15H2,1H3/t20-/m0/s1. The lowest BCUT2D eigenvalue weighted by Gasteiger charge is -2.37. The number of nitrogens with zero attached hydrogens (tertiary/aromatic N) is 6. The lowest BCUT2D eigenvalue weighted by atomic mass is 10.0. The number of aryl methyl sites for hydroxylation is 1. The number of tetrazole rings is 1. The number of aromatic nitrogens is 4. The smallest absolute Gasteiger partial charge is 0.248 e. The molecule has 1 aliphatic rings. The van der Waals surface area contributed by atoms with Gasteiger partial charge in [-0.1, -0.05) is 42.5 Å². The molecule has 1 aliphatic heterocycles. The fraction of sp³-hybridized carbons (Fsp3) is 0.333. The Kier molecular flexibility index (Phi) is 5.32. The molecule has 2 aromatic carbocycles. The molecule has 0 aliphatic carbocycles. The first-order chi connectivity index (χ1) is 13.7. The average molecular weight is 376 g/mol. The van der Waals surface area contributed by atoms with Crippen LogP contribution < -0.4 is 4.90 Å². The van der Waals surface area contributed by atoms with E-state index < -0.39 is 6.04 Å². The van der Waals surface area contributed by atoms with E-state index in [2.05, 4.69) is 51.6 Å². The number of piperazine rings is 1. The molecule has 1 fully saturated rings. The van der Waals surface area contributed by atoms with E-state index in [4.69, 9.17) is 0 Å². The van der Waals surface area contributed by atoms with Crippen LogP contribution in [0, 0.1) is 6.92 Å². The van der Waals surface area contributed by atoms with Crippen molar-refractivity contribution in [1.29, 1.82) is 0 Å². The van der Waals surface area contributed by atoms with Crippen LogP contribution in [0.5, 0.6) is 0 Å². The monoisotopic (exact) mass is 376 g/mol. The van der Waals surface area contributed by atoms with E-state index in [-0.39, 0.29) is 5.91 Å². The number of hydrogen-bond donors (Lipinski definition) is 0. The highest BCUT2D eigenvalue weighted by Crippen LogP contribution is 2.21. The number of anilines is 1. The van der Waals surface area contributed by atoms with Gasteiger partial charge >= 0.3 is 0 Å². The van der Waals surface area contributed by atoms with Crippen LogP contribution >= 0.6 is 0 Å². The maximum Gasteiger partial charge on any atom is 0.248 e. The first kappa shape index (κ1) is 18.2. The minimum atomic E-state index is -0.428. The molecule has 0 spiro atoms. The lowest BCUT2D eigenvalue weighted by Crippen LogP contribution is -2.51. The Bertz CT molecular complexity index is 904. The molecule has 0 unspecified atom stereocenters. The summed E-state index contributed by atoms with van der Waals surface area (Å²) in [6.45, 7) is 5.13. The van der Waals surface area contributed by atoms with Crippen molar-refractivity contribution in [2.24, 2.45) is 0 Å². The number of amides is 1. The molecule has 1 aromatic heterocycles. The Labute approximate surface area is 164 Å². The average Bonchev–Trinajstić information content (AvgIpc) is 3.27. The fourth-order valence-electron chi connectivity index (χ4n) is 3.66. The molecule has 1 atom stereocenters. The molecule has 7 heteroatoms. The molecule has 3 aromatic rings. The second kappa shape index (κ2) is 8.21. The van der Waals surface area contributed by atoms with Gasteiger partial charge in [-0.2, -0.15) is 0 Å². The summed E-state index contributed by atoms with van der Waals surface area (Å²) < 4.78 is 1.57. The van der Waals surface area contributed by atoms with Crippen molar-refractivity contribution in [3.63, 3.8) is 0 Å². The van der Waals surface area contributed by atoms with Gasteiger partial charge in [-0.3, -0.25) is 4.79 Å². The highest BCUT2D eigenvalue weighted by molar-refractivity contribution is 5.81. The van der Waals surface area contributed by atoms with Gasteiger partial charge in [0.1, 0.15) is 12.4 Å². The summed E-state index contributed by atoms with van der Waals surface area (Å²) in [6, 6.07) is 18.1. The van der Waals surface area contributed by atoms with Gasteiger partial charge in [0.15, 0.2) is 0 Å². The second-order valence-corrected chi connectivity index (χ2v) is 7.15. The third kappa shape index (κ3) is 4.03. The maximum atomic E-state index is 13.3. The van der Waals surface area contributed by atoms with Gasteiger partial charge < -0.3 is 9.80 Å². The van der Waals surface area contributed by atoms with Crippen LogP contribution in [0.1, 0.15) is 17.2 Å². The minimum absolute atomic E-state index is 0.0695. The molecule has 0 N–H and O–H groups in total. The first-order valence-electron chi connectivity index (χ1n) is 9.57. The molecule has 0 bridgehead atoms. The van der Waals surface area contributed by atoms with Gasteiger partial charge in [0.25, 0.3) is 0 Å². The third-order valence-corrected chi connectivity index (χ3v) is 5.20. The van der Waals surface area contributed by atoms with Crippen molar-refractivity contribution in [1.82, 2.24) is 25.1 Å². The van der Waals surface area contributed by atoms with Crippen LogP contribution in [0.3, 0.4) is 0 Å². The van der Waals surface area contributed by atoms with Crippen molar-refractivity contribution >= 4 is 11.6 Å². The molecule has 7 nitrogen and oxygen atoms in total.